The van der Waals surface area contributed by atoms with Crippen molar-refractivity contribution in [1.29, 1.82) is 0 Å². The van der Waals surface area contributed by atoms with Gasteiger partial charge in [0.1, 0.15) is 12.4 Å². The highest BCUT2D eigenvalue weighted by atomic mass is 19.1. The van der Waals surface area contributed by atoms with E-state index in [1.54, 1.807) is 17.0 Å². The number of aromatic nitrogens is 2. The molecule has 5 nitrogen and oxygen atoms in total. The van der Waals surface area contributed by atoms with E-state index in [0.29, 0.717) is 17.8 Å². The molecule has 0 fully saturated rings. The minimum Gasteiger partial charge on any atom is -0.311 e. The number of amides is 1. The largest absolute Gasteiger partial charge is 0.311 e. The second-order valence-electron chi connectivity index (χ2n) is 6.52. The molecule has 0 saturated carbocycles. The predicted octanol–water partition coefficient (Wildman–Crippen LogP) is 3.03. The molecule has 0 spiro atoms. The number of hydrogen-bond acceptors (Lipinski definition) is 3. The second kappa shape index (κ2) is 7.15. The fraction of sp³-hybridized carbons (Fsp3) is 0.190. The van der Waals surface area contributed by atoms with Crippen molar-refractivity contribution in [2.45, 2.75) is 19.4 Å². The molecule has 27 heavy (non-hydrogen) atoms. The maximum Gasteiger partial charge on any atom is 0.254 e. The Balaban J connectivity index is 1.56. The Bertz CT molecular complexity index is 1040. The summed E-state index contributed by atoms with van der Waals surface area (Å²) >= 11 is 0. The number of rotatable bonds is 3. The van der Waals surface area contributed by atoms with Gasteiger partial charge in [0.2, 0.25) is 5.91 Å². The third kappa shape index (κ3) is 3.51. The van der Waals surface area contributed by atoms with Crippen LogP contribution in [0.4, 0.5) is 10.1 Å². The molecular weight excluding hydrogens is 345 g/mol. The Labute approximate surface area is 155 Å². The molecule has 0 unspecified atom stereocenters. The highest BCUT2D eigenvalue weighted by Gasteiger charge is 2.22. The van der Waals surface area contributed by atoms with Crippen molar-refractivity contribution in [3.05, 3.63) is 82.7 Å². The highest BCUT2D eigenvalue weighted by Crippen LogP contribution is 2.26. The van der Waals surface area contributed by atoms with Gasteiger partial charge in [-0.15, -0.1) is 0 Å². The van der Waals surface area contributed by atoms with Crippen molar-refractivity contribution in [2.75, 3.05) is 11.4 Å². The van der Waals surface area contributed by atoms with Gasteiger partial charge in [-0.1, -0.05) is 18.2 Å². The summed E-state index contributed by atoms with van der Waals surface area (Å²) < 4.78 is 14.3. The lowest BCUT2D eigenvalue weighted by Gasteiger charge is -2.29. The molecule has 1 aromatic heterocycles. The minimum atomic E-state index is -0.348. The van der Waals surface area contributed by atoms with Crippen LogP contribution in [0.5, 0.6) is 0 Å². The maximum atomic E-state index is 13.0. The zero-order chi connectivity index (χ0) is 18.8. The number of anilines is 1. The van der Waals surface area contributed by atoms with E-state index < -0.39 is 0 Å². The van der Waals surface area contributed by atoms with Crippen molar-refractivity contribution in [2.24, 2.45) is 0 Å². The van der Waals surface area contributed by atoms with Crippen molar-refractivity contribution in [1.82, 2.24) is 9.55 Å². The van der Waals surface area contributed by atoms with Crippen LogP contribution in [0.1, 0.15) is 12.0 Å². The fourth-order valence-corrected chi connectivity index (χ4v) is 3.35. The number of para-hydroxylation sites is 1. The summed E-state index contributed by atoms with van der Waals surface area (Å²) in [5, 5.41) is 0. The van der Waals surface area contributed by atoms with Crippen LogP contribution >= 0.6 is 0 Å². The number of benzene rings is 2. The van der Waals surface area contributed by atoms with Crippen molar-refractivity contribution in [3.8, 4) is 11.3 Å². The zero-order valence-corrected chi connectivity index (χ0v) is 14.6. The van der Waals surface area contributed by atoms with Gasteiger partial charge in [0.15, 0.2) is 0 Å². The number of hydrogen-bond donors (Lipinski definition) is 0. The molecule has 3 aromatic rings. The number of aryl methyl sites for hydroxylation is 1. The molecular formula is C21H18FN3O2. The van der Waals surface area contributed by atoms with Crippen LogP contribution in [0, 0.1) is 5.82 Å². The normalized spacial score (nSPS) is 13.3. The van der Waals surface area contributed by atoms with E-state index in [4.69, 9.17) is 0 Å². The van der Waals surface area contributed by atoms with Crippen molar-refractivity contribution >= 4 is 11.6 Å². The molecule has 1 aliphatic rings. The van der Waals surface area contributed by atoms with Crippen molar-refractivity contribution < 1.29 is 9.18 Å². The first kappa shape index (κ1) is 17.1. The Hall–Kier alpha value is -3.28. The standard InChI is InChI=1S/C21H18FN3O2/c22-17-9-7-15(8-10-17)18-12-20(26)24(14-23-18)13-21(27)25-11-3-5-16-4-1-2-6-19(16)25/h1-2,4,6-10,12,14H,3,5,11,13H2. The zero-order valence-electron chi connectivity index (χ0n) is 14.6. The van der Waals surface area contributed by atoms with E-state index in [1.165, 1.54) is 29.1 Å². The molecule has 2 heterocycles. The summed E-state index contributed by atoms with van der Waals surface area (Å²) in [6, 6.07) is 15.0. The Morgan fingerprint density at radius 1 is 1.11 bits per heavy atom. The summed E-state index contributed by atoms with van der Waals surface area (Å²) in [6.07, 6.45) is 3.22. The quantitative estimate of drug-likeness (QED) is 0.719. The van der Waals surface area contributed by atoms with Crippen LogP contribution in [0.25, 0.3) is 11.3 Å². The van der Waals surface area contributed by atoms with E-state index >= 15 is 0 Å². The monoisotopic (exact) mass is 363 g/mol. The van der Waals surface area contributed by atoms with Gasteiger partial charge >= 0.3 is 0 Å². The molecule has 1 aliphatic heterocycles. The Morgan fingerprint density at radius 2 is 1.89 bits per heavy atom. The fourth-order valence-electron chi connectivity index (χ4n) is 3.35. The van der Waals surface area contributed by atoms with Crippen LogP contribution in [0.2, 0.25) is 0 Å². The first-order valence-corrected chi connectivity index (χ1v) is 8.82. The van der Waals surface area contributed by atoms with Gasteiger partial charge in [0, 0.05) is 23.9 Å². The van der Waals surface area contributed by atoms with Gasteiger partial charge in [-0.2, -0.15) is 0 Å². The number of halogens is 1. The van der Waals surface area contributed by atoms with E-state index in [9.17, 15) is 14.0 Å². The number of carbonyl (C=O) groups excluding carboxylic acids is 1. The lowest BCUT2D eigenvalue weighted by Crippen LogP contribution is -2.39. The Kier molecular flexibility index (Phi) is 4.54. The first-order chi connectivity index (χ1) is 13.1. The average molecular weight is 363 g/mol. The molecule has 0 atom stereocenters. The summed E-state index contributed by atoms with van der Waals surface area (Å²) in [5.74, 6) is -0.486. The van der Waals surface area contributed by atoms with E-state index in [2.05, 4.69) is 4.98 Å². The molecule has 136 valence electrons. The summed E-state index contributed by atoms with van der Waals surface area (Å²) in [7, 11) is 0. The average Bonchev–Trinajstić information content (AvgIpc) is 2.69. The molecule has 0 N–H and O–H groups in total. The lowest BCUT2D eigenvalue weighted by atomic mass is 10.0. The van der Waals surface area contributed by atoms with E-state index in [0.717, 1.165) is 24.1 Å². The van der Waals surface area contributed by atoms with Crippen LogP contribution in [-0.4, -0.2) is 22.0 Å². The molecule has 6 heteroatoms. The molecule has 0 aliphatic carbocycles. The summed E-state index contributed by atoms with van der Waals surface area (Å²) in [6.45, 7) is 0.579. The van der Waals surface area contributed by atoms with Gasteiger partial charge in [-0.05, 0) is 48.7 Å². The van der Waals surface area contributed by atoms with Crippen LogP contribution < -0.4 is 10.5 Å². The smallest absolute Gasteiger partial charge is 0.254 e. The maximum absolute atomic E-state index is 13.0. The SMILES string of the molecule is O=C(Cn1cnc(-c2ccc(F)cc2)cc1=O)N1CCCc2ccccc21. The molecule has 0 saturated heterocycles. The second-order valence-corrected chi connectivity index (χ2v) is 6.52. The number of nitrogens with zero attached hydrogens (tertiary/aromatic N) is 3. The topological polar surface area (TPSA) is 55.2 Å². The molecule has 2 aromatic carbocycles. The van der Waals surface area contributed by atoms with Crippen LogP contribution in [-0.2, 0) is 17.8 Å². The van der Waals surface area contributed by atoms with E-state index in [1.807, 2.05) is 24.3 Å². The number of carbonyl (C=O) groups is 1. The van der Waals surface area contributed by atoms with Gasteiger partial charge in [-0.25, -0.2) is 9.37 Å². The molecule has 4 rings (SSSR count). The third-order valence-electron chi connectivity index (χ3n) is 4.74. The lowest BCUT2D eigenvalue weighted by molar-refractivity contribution is -0.119. The predicted molar refractivity (Wildman–Crippen MR) is 101 cm³/mol. The van der Waals surface area contributed by atoms with Gasteiger partial charge in [0.05, 0.1) is 12.0 Å². The highest BCUT2D eigenvalue weighted by molar-refractivity contribution is 5.94. The van der Waals surface area contributed by atoms with Crippen LogP contribution in [0.3, 0.4) is 0 Å². The summed E-state index contributed by atoms with van der Waals surface area (Å²) in [5.41, 5.74) is 2.85. The Morgan fingerprint density at radius 3 is 2.67 bits per heavy atom. The minimum absolute atomic E-state index is 0.0656. The molecule has 1 amide bonds. The van der Waals surface area contributed by atoms with Crippen molar-refractivity contribution in [3.63, 3.8) is 0 Å². The van der Waals surface area contributed by atoms with Crippen LogP contribution in [0.15, 0.2) is 65.7 Å². The summed E-state index contributed by atoms with van der Waals surface area (Å²) in [4.78, 5) is 31.2. The first-order valence-electron chi connectivity index (χ1n) is 8.82. The van der Waals surface area contributed by atoms with Gasteiger partial charge in [0.25, 0.3) is 5.56 Å². The number of fused-ring (bicyclic) bond motifs is 1. The molecule has 0 radical (unpaired) electrons. The van der Waals surface area contributed by atoms with E-state index in [-0.39, 0.29) is 23.8 Å². The third-order valence-corrected chi connectivity index (χ3v) is 4.74. The van der Waals surface area contributed by atoms with Gasteiger partial charge in [-0.3, -0.25) is 14.2 Å². The molecule has 0 bridgehead atoms. The van der Waals surface area contributed by atoms with Gasteiger partial charge < -0.3 is 4.90 Å².